The van der Waals surface area contributed by atoms with Gasteiger partial charge in [0.15, 0.2) is 29.3 Å². The van der Waals surface area contributed by atoms with Gasteiger partial charge in [-0.3, -0.25) is 9.18 Å². The van der Waals surface area contributed by atoms with E-state index in [4.69, 9.17) is 108 Å². The molecule has 12 heterocycles. The number of nitrogen functional groups attached to an aromatic ring is 1. The Morgan fingerprint density at radius 2 is 0.833 bits per heavy atom. The molecule has 132 heavy (non-hydrogen) atoms. The van der Waals surface area contributed by atoms with Crippen molar-refractivity contribution in [2.45, 2.75) is 141 Å². The molecule has 0 saturated carbocycles. The molecule has 702 valence electrons. The second-order valence-corrected chi connectivity index (χ2v) is 41.5. The van der Waals surface area contributed by atoms with Crippen LogP contribution in [0.25, 0.3) is 45.8 Å². The number of cyclic esters (lactones) is 2. The maximum absolute atomic E-state index is 13.9. The first-order valence-corrected chi connectivity index (χ1v) is 55.9. The van der Waals surface area contributed by atoms with Gasteiger partial charge in [-0.1, -0.05) is 89.8 Å². The van der Waals surface area contributed by atoms with Crippen LogP contribution in [0, 0.1) is 38.2 Å². The molecule has 0 bridgehead atoms. The minimum absolute atomic E-state index is 0. The van der Waals surface area contributed by atoms with Crippen molar-refractivity contribution in [2.75, 3.05) is 27.1 Å². The molecule has 0 amide bonds. The monoisotopic (exact) mass is 2210 g/mol. The van der Waals surface area contributed by atoms with Gasteiger partial charge in [0.1, 0.15) is 96.7 Å². The first kappa shape index (κ1) is 117. The molecule has 0 fully saturated rings. The topological polar surface area (TPSA) is 438 Å². The molecule has 42 heteroatoms. The van der Waals surface area contributed by atoms with E-state index in [9.17, 15) is 41.9 Å². The molecule has 3 aromatic carbocycles. The molecule has 0 saturated heterocycles. The molecule has 0 spiro atoms. The Morgan fingerprint density at radius 3 is 1.21 bits per heavy atom. The zero-order valence-electron chi connectivity index (χ0n) is 69.9. The molecular weight excluding hydrogens is 2110 g/mol. The number of hydrogen-bond donors (Lipinski definition) is 2. The summed E-state index contributed by atoms with van der Waals surface area (Å²) in [5, 5.41) is -0.116. The van der Waals surface area contributed by atoms with Crippen LogP contribution in [0.4, 0.5) is 19.1 Å². The van der Waals surface area contributed by atoms with Crippen molar-refractivity contribution >= 4 is 151 Å². The fraction of sp³-hybridized carbons (Fsp3) is 0.278. The average Bonchev–Trinajstić information content (AvgIpc) is 1.59. The molecule has 0 radical (unpaired) electrons. The Labute approximate surface area is 814 Å². The van der Waals surface area contributed by atoms with E-state index in [-0.39, 0.29) is 149 Å². The summed E-state index contributed by atoms with van der Waals surface area (Å²) >= 11 is 29.1. The second-order valence-electron chi connectivity index (χ2n) is 26.5. The number of esters is 5. The third kappa shape index (κ3) is 32.6. The zero-order valence-corrected chi connectivity index (χ0v) is 82.8. The number of anilines is 1. The number of unbranched alkanes of at least 4 members (excludes halogenated alkanes) is 3. The molecule has 2 unspecified atom stereocenters. The van der Waals surface area contributed by atoms with E-state index in [2.05, 4.69) is 113 Å². The first-order chi connectivity index (χ1) is 61.1. The second kappa shape index (κ2) is 59.8. The van der Waals surface area contributed by atoms with Gasteiger partial charge in [-0.2, -0.15) is 18.6 Å². The number of aromatic nitrogens is 10. The Bertz CT molecular complexity index is 5630. The quantitative estimate of drug-likeness (QED) is 0.0121. The van der Waals surface area contributed by atoms with E-state index in [1.165, 1.54) is 137 Å². The summed E-state index contributed by atoms with van der Waals surface area (Å²) in [6.45, 7) is 13.7. The van der Waals surface area contributed by atoms with Crippen molar-refractivity contribution in [3.8, 4) is 45.8 Å². The van der Waals surface area contributed by atoms with Gasteiger partial charge in [-0.05, 0) is 132 Å². The normalized spacial score (nSPS) is 11.8. The number of carbonyl (C=O) groups is 6. The number of hydrogen-bond acceptors (Lipinski definition) is 30. The Balaban J connectivity index is 0.000000522. The number of methoxy groups -OCH3 is 3. The van der Waals surface area contributed by atoms with Crippen LogP contribution in [0.5, 0.6) is 0 Å². The summed E-state index contributed by atoms with van der Waals surface area (Å²) < 4.78 is 114. The van der Waals surface area contributed by atoms with Gasteiger partial charge in [0.2, 0.25) is 27.1 Å². The number of furan rings is 5. The van der Waals surface area contributed by atoms with Crippen LogP contribution in [-0.2, 0) is 60.5 Å². The van der Waals surface area contributed by atoms with Crippen molar-refractivity contribution < 1.29 is 112 Å². The summed E-state index contributed by atoms with van der Waals surface area (Å²) in [5.41, 5.74) is 10.2. The molecule has 13 aromatic rings. The van der Waals surface area contributed by atoms with Gasteiger partial charge in [-0.15, -0.1) is 6.07 Å². The standard InChI is InChI=1S/C17H10ClFN2O3.C17H12FN3O3.C11H7ClN2O4.C11H9ClN2O3.C7H6Cl2N2O2.C7H6F.C4H3O.3C4H9.4CH4.BrH.H3N.O2Se.Sn.Zn/c18-17-20-14(11-6-3-7-23-11)13-15(21-17)12(24-16(13)22)8-9-4-1-2-5-10(9)19;18-10-5-2-1-4-9(10)8-12-15-13(16(22)24-12)14(20-17(19)21-15)11-6-3-7-23-11;1-17-10(16)8-6(5-15)13-11(12)14-9(8)7-3-2-4-18-7;1-6-8(10(15)16-2)9(14-11(12)13-6)7-4-3-5-17-7;1-3-4(6(12)13-2)5(8)11-7(9)10-3;1-6-4-2-3-5-7(6)8;1-2-4-5-3-1;3*1-3-4-2;;;;;;;1-3-2;;/h1-7,12H,8H2;1-7,12H,8H2,(H2,19,20,21);2-5H,1H3;3-5H,1-2H3;1-2H3;2-5H,1H2;1-3H;3*1,3-4H2,2H3;4*1H4;1H;1H3;;;/q;;;;;-1;;;;;;;;;;;;;+2/p-1. The number of benzene rings is 3. The SMILES string of the molecule is C.C.C.C.CCC[CH2][Sn]([CH2]CCC)([CH2]CCC)[c]1ccco1.COC(=O)c1c(C)nc(Cl)nc1-c1ccco1.COC(=O)c1c(C)nc(Cl)nc1Cl.COC(=O)c1c(C=O)nc(Cl)nc1-c1ccco1.N.Nc1nc(-c2ccco2)c2c(n1)C(Cc1ccccc1F)OC2=O.O=C1OC(Cc2ccccc2F)c2nc(Cl)nc(-c3ccco3)c21.O=[Se]=O.[CH2-]c1ccccc1F.[Zn+][Br]. The van der Waals surface area contributed by atoms with E-state index in [1.54, 1.807) is 117 Å². The Morgan fingerprint density at radius 1 is 0.485 bits per heavy atom. The minimum atomic E-state index is -2.20. The summed E-state index contributed by atoms with van der Waals surface area (Å²) in [4.78, 5) is 109. The van der Waals surface area contributed by atoms with Crippen molar-refractivity contribution in [3.63, 3.8) is 0 Å². The number of nitrogens with zero attached hydrogens (tertiary/aromatic N) is 10. The molecule has 2 atom stereocenters. The van der Waals surface area contributed by atoms with Crippen molar-refractivity contribution in [1.82, 2.24) is 56.0 Å². The van der Waals surface area contributed by atoms with E-state index in [1.807, 2.05) is 6.26 Å². The number of fused-ring (bicyclic) bond motifs is 2. The van der Waals surface area contributed by atoms with Gasteiger partial charge in [0, 0.05) is 18.7 Å². The van der Waals surface area contributed by atoms with E-state index in [0.717, 1.165) is 0 Å². The molecule has 2 aliphatic rings. The molecule has 0 aliphatic carbocycles. The summed E-state index contributed by atoms with van der Waals surface area (Å²) in [7, 11) is 3.74. The molecule has 10 aromatic heterocycles. The van der Waals surface area contributed by atoms with Gasteiger partial charge < -0.3 is 53.2 Å². The Kier molecular flexibility index (Phi) is 53.2. The van der Waals surface area contributed by atoms with Gasteiger partial charge in [0.25, 0.3) is 0 Å². The van der Waals surface area contributed by atoms with E-state index >= 15 is 0 Å². The summed E-state index contributed by atoms with van der Waals surface area (Å²) in [5.74, 6) is -2.44. The van der Waals surface area contributed by atoms with Crippen LogP contribution in [0.15, 0.2) is 187 Å². The van der Waals surface area contributed by atoms with Crippen LogP contribution < -0.4 is 15.7 Å². The molecule has 2 aliphatic heterocycles. The number of aryl methyl sites for hydroxylation is 2. The first-order valence-electron chi connectivity index (χ1n) is 38.2. The predicted molar refractivity (Wildman–Crippen MR) is 498 cm³/mol. The van der Waals surface area contributed by atoms with Gasteiger partial charge in [-0.25, -0.2) is 82.6 Å². The fourth-order valence-electron chi connectivity index (χ4n) is 12.6. The zero-order chi connectivity index (χ0) is 92.9. The number of carbonyl (C=O) groups excluding carboxylic acids is 6. The van der Waals surface area contributed by atoms with Crippen molar-refractivity contribution in [3.05, 3.63) is 288 Å². The number of nitrogens with two attached hydrogens (primary N) is 1. The Hall–Kier alpha value is -10.6. The van der Waals surface area contributed by atoms with Crippen LogP contribution in [0.2, 0.25) is 39.6 Å². The van der Waals surface area contributed by atoms with Crippen molar-refractivity contribution in [1.29, 1.82) is 0 Å². The maximum atomic E-state index is 13.9. The fourth-order valence-corrected chi connectivity index (χ4v) is 29.0. The third-order valence-electron chi connectivity index (χ3n) is 18.4. The molecule has 15 rings (SSSR count). The molecule has 5 N–H and O–H groups in total. The molecular formula is C90H99BrCl5F3N12O18SeSnZn. The summed E-state index contributed by atoms with van der Waals surface area (Å²) in [6.07, 6.45) is 15.2. The third-order valence-corrected chi connectivity index (χ3v) is 34.4. The average molecular weight is 2210 g/mol. The number of ether oxygens (including phenoxy) is 5. The van der Waals surface area contributed by atoms with Crippen LogP contribution in [-0.4, -0.2) is 140 Å². The molecule has 30 nitrogen and oxygen atoms in total. The van der Waals surface area contributed by atoms with E-state index < -0.39 is 75.3 Å². The number of halogens is 9. The van der Waals surface area contributed by atoms with Gasteiger partial charge >= 0.3 is 200 Å². The van der Waals surface area contributed by atoms with Crippen molar-refractivity contribution in [2.24, 2.45) is 0 Å². The van der Waals surface area contributed by atoms with Crippen LogP contribution in [0.3, 0.4) is 0 Å². The predicted octanol–water partition coefficient (Wildman–Crippen LogP) is 23.5. The van der Waals surface area contributed by atoms with Crippen LogP contribution >= 0.6 is 71.6 Å². The van der Waals surface area contributed by atoms with Crippen LogP contribution in [0.1, 0.15) is 203 Å². The van der Waals surface area contributed by atoms with Gasteiger partial charge in [0.05, 0.1) is 57.8 Å². The van der Waals surface area contributed by atoms with E-state index in [0.29, 0.717) is 74.5 Å². The summed E-state index contributed by atoms with van der Waals surface area (Å²) in [6, 6.07) is 36.7. The number of rotatable bonds is 22. The number of aldehydes is 1.